The first-order valence-corrected chi connectivity index (χ1v) is 13.9. The Morgan fingerprint density at radius 1 is 1.00 bits per heavy atom. The van der Waals surface area contributed by atoms with Gasteiger partial charge in [0.2, 0.25) is 5.76 Å². The Hall–Kier alpha value is -4.94. The van der Waals surface area contributed by atoms with E-state index in [9.17, 15) is 14.4 Å². The van der Waals surface area contributed by atoms with E-state index in [0.29, 0.717) is 37.7 Å². The molecule has 0 unspecified atom stereocenters. The fraction of sp³-hybridized carbons (Fsp3) is 0.226. The quantitative estimate of drug-likeness (QED) is 0.152. The third-order valence-electron chi connectivity index (χ3n) is 6.62. The number of furan rings is 1. The normalized spacial score (nSPS) is 14.6. The van der Waals surface area contributed by atoms with E-state index in [1.807, 2.05) is 0 Å². The number of allylic oxidation sites excluding steroid dienone is 1. The van der Waals surface area contributed by atoms with Gasteiger partial charge in [-0.1, -0.05) is 23.5 Å². The van der Waals surface area contributed by atoms with Crippen LogP contribution in [0.2, 0.25) is 0 Å². The molecule has 0 bridgehead atoms. The second-order valence-corrected chi connectivity index (χ2v) is 10.3. The highest BCUT2D eigenvalue weighted by molar-refractivity contribution is 7.07. The van der Waals surface area contributed by atoms with Gasteiger partial charge in [0.05, 0.1) is 48.9 Å². The minimum atomic E-state index is -0.860. The number of methoxy groups -OCH3 is 3. The minimum Gasteiger partial charge on any atom is -0.497 e. The van der Waals surface area contributed by atoms with Gasteiger partial charge in [0.25, 0.3) is 5.56 Å². The van der Waals surface area contributed by atoms with Gasteiger partial charge in [-0.05, 0) is 55.0 Å². The number of esters is 2. The summed E-state index contributed by atoms with van der Waals surface area (Å²) in [5.41, 5.74) is 1.52. The van der Waals surface area contributed by atoms with E-state index in [2.05, 4.69) is 4.99 Å². The summed E-state index contributed by atoms with van der Waals surface area (Å²) in [4.78, 5) is 44.7. The van der Waals surface area contributed by atoms with Crippen molar-refractivity contribution in [3.05, 3.63) is 109 Å². The molecule has 0 aliphatic carbocycles. The molecule has 0 amide bonds. The molecule has 2 aromatic carbocycles. The number of benzene rings is 2. The number of fused-ring (bicyclic) bond motifs is 1. The van der Waals surface area contributed by atoms with Gasteiger partial charge in [-0.25, -0.2) is 14.6 Å². The fourth-order valence-corrected chi connectivity index (χ4v) is 5.58. The fourth-order valence-electron chi connectivity index (χ4n) is 4.54. The van der Waals surface area contributed by atoms with Crippen LogP contribution in [0.4, 0.5) is 0 Å². The maximum absolute atomic E-state index is 13.9. The van der Waals surface area contributed by atoms with Crippen molar-refractivity contribution in [3.63, 3.8) is 0 Å². The maximum atomic E-state index is 13.9. The van der Waals surface area contributed by atoms with Crippen molar-refractivity contribution in [2.75, 3.05) is 34.5 Å². The first-order chi connectivity index (χ1) is 20.8. The molecule has 5 rings (SSSR count). The lowest BCUT2D eigenvalue weighted by Crippen LogP contribution is -2.40. The molecule has 0 fully saturated rings. The third kappa shape index (κ3) is 6.15. The van der Waals surface area contributed by atoms with Gasteiger partial charge in [-0.2, -0.15) is 0 Å². The molecule has 1 aliphatic rings. The SMILES string of the molecule is COCCOC(=O)C1=C(C)N=c2s/c(=C/c3ccc(OC)cc3OC)c(=O)n2[C@H]1c1ccc(OC(=O)c2ccco2)cc1. The number of carbonyl (C=O) groups excluding carboxylic acids is 2. The predicted octanol–water partition coefficient (Wildman–Crippen LogP) is 3.25. The lowest BCUT2D eigenvalue weighted by molar-refractivity contribution is -0.140. The molecule has 0 saturated carbocycles. The molecular weight excluding hydrogens is 576 g/mol. The third-order valence-corrected chi connectivity index (χ3v) is 7.60. The second kappa shape index (κ2) is 12.9. The van der Waals surface area contributed by atoms with Crippen LogP contribution in [0, 0.1) is 0 Å². The number of hydrogen-bond acceptors (Lipinski definition) is 11. The molecular formula is C31H28N2O9S. The second-order valence-electron chi connectivity index (χ2n) is 9.25. The topological polar surface area (TPSA) is 128 Å². The van der Waals surface area contributed by atoms with E-state index in [4.69, 9.17) is 28.1 Å². The zero-order valence-electron chi connectivity index (χ0n) is 23.8. The molecule has 1 atom stereocenters. The van der Waals surface area contributed by atoms with Crippen LogP contribution in [0.1, 0.15) is 34.6 Å². The molecule has 4 aromatic rings. The lowest BCUT2D eigenvalue weighted by Gasteiger charge is -2.25. The molecule has 0 radical (unpaired) electrons. The highest BCUT2D eigenvalue weighted by Crippen LogP contribution is 2.32. The molecule has 0 N–H and O–H groups in total. The first kappa shape index (κ1) is 29.5. The highest BCUT2D eigenvalue weighted by Gasteiger charge is 2.33. The van der Waals surface area contributed by atoms with Crippen LogP contribution in [0.15, 0.2) is 86.3 Å². The van der Waals surface area contributed by atoms with Crippen LogP contribution >= 0.6 is 11.3 Å². The van der Waals surface area contributed by atoms with Crippen molar-refractivity contribution in [3.8, 4) is 17.2 Å². The molecule has 43 heavy (non-hydrogen) atoms. The van der Waals surface area contributed by atoms with Gasteiger partial charge in [0.1, 0.15) is 23.9 Å². The van der Waals surface area contributed by atoms with E-state index in [1.165, 1.54) is 42.5 Å². The summed E-state index contributed by atoms with van der Waals surface area (Å²) >= 11 is 1.19. The first-order valence-electron chi connectivity index (χ1n) is 13.1. The molecule has 0 spiro atoms. The number of ether oxygens (including phenoxy) is 5. The number of rotatable bonds is 10. The van der Waals surface area contributed by atoms with E-state index >= 15 is 0 Å². The zero-order valence-corrected chi connectivity index (χ0v) is 24.6. The summed E-state index contributed by atoms with van der Waals surface area (Å²) in [5.74, 6) is 0.181. The largest absolute Gasteiger partial charge is 0.497 e. The minimum absolute atomic E-state index is 0.0299. The molecule has 3 heterocycles. The number of hydrogen-bond donors (Lipinski definition) is 0. The molecule has 222 valence electrons. The van der Waals surface area contributed by atoms with Gasteiger partial charge >= 0.3 is 11.9 Å². The monoisotopic (exact) mass is 604 g/mol. The average Bonchev–Trinajstić information content (AvgIpc) is 3.66. The summed E-state index contributed by atoms with van der Waals surface area (Å²) in [6.07, 6.45) is 3.09. The Balaban J connectivity index is 1.59. The number of carbonyl (C=O) groups is 2. The van der Waals surface area contributed by atoms with E-state index in [-0.39, 0.29) is 35.9 Å². The Morgan fingerprint density at radius 2 is 1.77 bits per heavy atom. The van der Waals surface area contributed by atoms with Crippen LogP contribution in [0.5, 0.6) is 17.2 Å². The van der Waals surface area contributed by atoms with Crippen molar-refractivity contribution in [2.45, 2.75) is 13.0 Å². The molecule has 11 nitrogen and oxygen atoms in total. The molecule has 12 heteroatoms. The Kier molecular flexibility index (Phi) is 8.88. The smallest absolute Gasteiger partial charge is 0.379 e. The van der Waals surface area contributed by atoms with E-state index in [1.54, 1.807) is 68.6 Å². The summed E-state index contributed by atoms with van der Waals surface area (Å²) < 4.78 is 33.6. The number of thiazole rings is 1. The summed E-state index contributed by atoms with van der Waals surface area (Å²) in [6.45, 7) is 1.94. The van der Waals surface area contributed by atoms with Gasteiger partial charge < -0.3 is 28.1 Å². The maximum Gasteiger partial charge on any atom is 0.379 e. The van der Waals surface area contributed by atoms with Crippen molar-refractivity contribution < 1.29 is 37.7 Å². The van der Waals surface area contributed by atoms with Crippen LogP contribution < -0.4 is 29.1 Å². The van der Waals surface area contributed by atoms with Crippen LogP contribution in [-0.2, 0) is 14.3 Å². The summed E-state index contributed by atoms with van der Waals surface area (Å²) in [7, 11) is 4.60. The van der Waals surface area contributed by atoms with Crippen molar-refractivity contribution in [1.82, 2.24) is 4.57 Å². The molecule has 1 aliphatic heterocycles. The Bertz CT molecular complexity index is 1850. The van der Waals surface area contributed by atoms with Crippen molar-refractivity contribution in [2.24, 2.45) is 4.99 Å². The van der Waals surface area contributed by atoms with E-state index in [0.717, 1.165) is 0 Å². The van der Waals surface area contributed by atoms with Gasteiger partial charge in [-0.15, -0.1) is 0 Å². The van der Waals surface area contributed by atoms with E-state index < -0.39 is 18.0 Å². The zero-order chi connectivity index (χ0) is 30.5. The van der Waals surface area contributed by atoms with Crippen LogP contribution in [0.25, 0.3) is 6.08 Å². The number of nitrogens with zero attached hydrogens (tertiary/aromatic N) is 2. The standard InChI is InChI=1S/C31H28N2O9S/c1-18-26(30(36)41-15-14-37-2)27(19-7-10-21(11-8-19)42-29(35)23-6-5-13-40-23)33-28(34)25(43-31(33)32-18)16-20-9-12-22(38-3)17-24(20)39-4/h5-13,16-17,27H,14-15H2,1-4H3/b25-16+/t27-/m0/s1. The highest BCUT2D eigenvalue weighted by atomic mass is 32.1. The lowest BCUT2D eigenvalue weighted by atomic mass is 9.96. The van der Waals surface area contributed by atoms with Gasteiger partial charge in [-0.3, -0.25) is 9.36 Å². The van der Waals surface area contributed by atoms with Crippen molar-refractivity contribution in [1.29, 1.82) is 0 Å². The number of aromatic nitrogens is 1. The van der Waals surface area contributed by atoms with Crippen LogP contribution in [0.3, 0.4) is 0 Å². The summed E-state index contributed by atoms with van der Waals surface area (Å²) in [6, 6.07) is 14.0. The van der Waals surface area contributed by atoms with Gasteiger partial charge in [0, 0.05) is 18.7 Å². The average molecular weight is 605 g/mol. The molecule has 0 saturated heterocycles. The Morgan fingerprint density at radius 3 is 2.44 bits per heavy atom. The van der Waals surface area contributed by atoms with Gasteiger partial charge in [0.15, 0.2) is 4.80 Å². The predicted molar refractivity (Wildman–Crippen MR) is 156 cm³/mol. The van der Waals surface area contributed by atoms with Crippen LogP contribution in [-0.4, -0.2) is 51.0 Å². The van der Waals surface area contributed by atoms with Crippen molar-refractivity contribution >= 4 is 29.4 Å². The Labute approximate surface area is 249 Å². The molecule has 2 aromatic heterocycles. The summed E-state index contributed by atoms with van der Waals surface area (Å²) in [5, 5.41) is 0.